The number of ketones is 1. The van der Waals surface area contributed by atoms with Gasteiger partial charge in [-0.3, -0.25) is 14.9 Å². The number of nitro groups is 1. The summed E-state index contributed by atoms with van der Waals surface area (Å²) >= 11 is 0. The van der Waals surface area contributed by atoms with Crippen LogP contribution < -0.4 is 0 Å². The molecule has 0 aromatic heterocycles. The second-order valence-electron chi connectivity index (χ2n) is 4.59. The monoisotopic (exact) mass is 235 g/mol. The van der Waals surface area contributed by atoms with Crippen molar-refractivity contribution in [3.63, 3.8) is 0 Å². The maximum atomic E-state index is 11.5. The first-order chi connectivity index (χ1) is 7.91. The lowest BCUT2D eigenvalue weighted by atomic mass is 9.86. The van der Waals surface area contributed by atoms with Crippen LogP contribution in [0.4, 0.5) is 5.69 Å². The minimum Gasteiger partial charge on any atom is -0.300 e. The van der Waals surface area contributed by atoms with Gasteiger partial charge in [0.25, 0.3) is 5.69 Å². The Hall–Kier alpha value is -1.71. The van der Waals surface area contributed by atoms with Gasteiger partial charge in [-0.25, -0.2) is 0 Å². The fourth-order valence-corrected chi connectivity index (χ4v) is 1.90. The molecule has 1 unspecified atom stereocenters. The van der Waals surface area contributed by atoms with Gasteiger partial charge < -0.3 is 0 Å². The Morgan fingerprint density at radius 1 is 1.41 bits per heavy atom. The van der Waals surface area contributed by atoms with Gasteiger partial charge in [0.2, 0.25) is 0 Å². The molecule has 1 aromatic carbocycles. The van der Waals surface area contributed by atoms with Crippen molar-refractivity contribution >= 4 is 11.5 Å². The zero-order valence-corrected chi connectivity index (χ0v) is 10.3. The number of nitro benzene ring substituents is 1. The van der Waals surface area contributed by atoms with Gasteiger partial charge in [-0.2, -0.15) is 0 Å². The molecule has 0 aliphatic carbocycles. The van der Waals surface area contributed by atoms with E-state index in [9.17, 15) is 14.9 Å². The van der Waals surface area contributed by atoms with Crippen LogP contribution >= 0.6 is 0 Å². The molecule has 1 aromatic rings. The van der Waals surface area contributed by atoms with Crippen LogP contribution in [0.25, 0.3) is 0 Å². The average Bonchev–Trinajstić information content (AvgIpc) is 2.25. The van der Waals surface area contributed by atoms with Gasteiger partial charge in [0.15, 0.2) is 0 Å². The number of carbonyl (C=O) groups excluding carboxylic acids is 1. The van der Waals surface area contributed by atoms with Crippen molar-refractivity contribution in [1.82, 2.24) is 0 Å². The number of nitrogens with zero attached hydrogens (tertiary/aromatic N) is 1. The summed E-state index contributed by atoms with van der Waals surface area (Å²) in [4.78, 5) is 21.7. The van der Waals surface area contributed by atoms with E-state index >= 15 is 0 Å². The van der Waals surface area contributed by atoms with E-state index in [0.29, 0.717) is 6.42 Å². The largest absolute Gasteiger partial charge is 0.300 e. The molecule has 1 rings (SSSR count). The van der Waals surface area contributed by atoms with E-state index in [1.807, 2.05) is 19.9 Å². The first-order valence-corrected chi connectivity index (χ1v) is 5.65. The fourth-order valence-electron chi connectivity index (χ4n) is 1.90. The molecule has 0 fully saturated rings. The summed E-state index contributed by atoms with van der Waals surface area (Å²) in [5.74, 6) is 0.301. The highest BCUT2D eigenvalue weighted by molar-refractivity contribution is 5.78. The van der Waals surface area contributed by atoms with Crippen molar-refractivity contribution in [3.05, 3.63) is 39.9 Å². The van der Waals surface area contributed by atoms with Crippen molar-refractivity contribution in [3.8, 4) is 0 Å². The van der Waals surface area contributed by atoms with E-state index in [-0.39, 0.29) is 23.3 Å². The summed E-state index contributed by atoms with van der Waals surface area (Å²) in [7, 11) is 0. The molecule has 0 aliphatic rings. The third-order valence-corrected chi connectivity index (χ3v) is 2.90. The molecule has 0 heterocycles. The second kappa shape index (κ2) is 5.57. The smallest absolute Gasteiger partial charge is 0.269 e. The highest BCUT2D eigenvalue weighted by Gasteiger charge is 2.19. The maximum absolute atomic E-state index is 11.5. The molecule has 4 nitrogen and oxygen atoms in total. The molecule has 0 N–H and O–H groups in total. The molecular formula is C13H17NO3. The molecule has 0 saturated heterocycles. The Bertz CT molecular complexity index is 426. The highest BCUT2D eigenvalue weighted by Crippen LogP contribution is 2.21. The molecule has 0 amide bonds. The van der Waals surface area contributed by atoms with Gasteiger partial charge in [0, 0.05) is 18.1 Å². The van der Waals surface area contributed by atoms with Gasteiger partial charge in [-0.15, -0.1) is 0 Å². The van der Waals surface area contributed by atoms with Crippen LogP contribution in [0.15, 0.2) is 24.3 Å². The molecule has 17 heavy (non-hydrogen) atoms. The van der Waals surface area contributed by atoms with E-state index in [1.165, 1.54) is 6.07 Å². The van der Waals surface area contributed by atoms with Crippen molar-refractivity contribution < 1.29 is 9.72 Å². The molecule has 1 atom stereocenters. The summed E-state index contributed by atoms with van der Waals surface area (Å²) in [6.07, 6.45) is 0.564. The van der Waals surface area contributed by atoms with E-state index in [2.05, 4.69) is 0 Å². The number of Topliss-reactive ketones (excluding diaryl/α,β-unsaturated/α-hetero) is 1. The molecule has 92 valence electrons. The number of hydrogen-bond acceptors (Lipinski definition) is 3. The Balaban J connectivity index is 2.90. The summed E-state index contributed by atoms with van der Waals surface area (Å²) < 4.78 is 0. The number of rotatable bonds is 5. The predicted octanol–water partition coefficient (Wildman–Crippen LogP) is 3.00. The summed E-state index contributed by atoms with van der Waals surface area (Å²) in [6, 6.07) is 6.48. The lowest BCUT2D eigenvalue weighted by molar-refractivity contribution is -0.384. The average molecular weight is 235 g/mol. The van der Waals surface area contributed by atoms with Gasteiger partial charge >= 0.3 is 0 Å². The Labute approximate surface area is 101 Å². The van der Waals surface area contributed by atoms with Crippen molar-refractivity contribution in [2.45, 2.75) is 27.2 Å². The standard InChI is InChI=1S/C13H17NO3/c1-9(2)13(10(3)15)8-11-5-4-6-12(7-11)14(16)17/h4-7,9,13H,8H2,1-3H3. The third-order valence-electron chi connectivity index (χ3n) is 2.90. The molecule has 0 radical (unpaired) electrons. The van der Waals surface area contributed by atoms with E-state index in [0.717, 1.165) is 5.56 Å². The van der Waals surface area contributed by atoms with Gasteiger partial charge in [0.05, 0.1) is 4.92 Å². The quantitative estimate of drug-likeness (QED) is 0.582. The zero-order chi connectivity index (χ0) is 13.0. The summed E-state index contributed by atoms with van der Waals surface area (Å²) in [5.41, 5.74) is 0.918. The van der Waals surface area contributed by atoms with Crippen LogP contribution in [0.2, 0.25) is 0 Å². The lowest BCUT2D eigenvalue weighted by Crippen LogP contribution is -2.20. The van der Waals surface area contributed by atoms with Gasteiger partial charge in [-0.05, 0) is 24.8 Å². The molecular weight excluding hydrogens is 218 g/mol. The first kappa shape index (κ1) is 13.4. The Morgan fingerprint density at radius 3 is 2.53 bits per heavy atom. The lowest BCUT2D eigenvalue weighted by Gasteiger charge is -2.17. The van der Waals surface area contributed by atoms with Gasteiger partial charge in [0.1, 0.15) is 5.78 Å². The zero-order valence-electron chi connectivity index (χ0n) is 10.3. The maximum Gasteiger partial charge on any atom is 0.269 e. The van der Waals surface area contributed by atoms with E-state index < -0.39 is 4.92 Å². The normalized spacial score (nSPS) is 12.5. The number of hydrogen-bond donors (Lipinski definition) is 0. The molecule has 0 aliphatic heterocycles. The highest BCUT2D eigenvalue weighted by atomic mass is 16.6. The van der Waals surface area contributed by atoms with Crippen LogP contribution in [0.5, 0.6) is 0 Å². The number of non-ortho nitro benzene ring substituents is 1. The first-order valence-electron chi connectivity index (χ1n) is 5.65. The predicted molar refractivity (Wildman–Crippen MR) is 65.8 cm³/mol. The molecule has 0 bridgehead atoms. The minimum absolute atomic E-state index is 0.0722. The molecule has 0 spiro atoms. The number of carbonyl (C=O) groups is 1. The second-order valence-corrected chi connectivity index (χ2v) is 4.59. The molecule has 0 saturated carbocycles. The van der Waals surface area contributed by atoms with Crippen LogP contribution in [0, 0.1) is 22.0 Å². The van der Waals surface area contributed by atoms with E-state index in [4.69, 9.17) is 0 Å². The Kier molecular flexibility index (Phi) is 4.37. The van der Waals surface area contributed by atoms with Crippen LogP contribution in [0.1, 0.15) is 26.3 Å². The van der Waals surface area contributed by atoms with Crippen LogP contribution in [-0.4, -0.2) is 10.7 Å². The summed E-state index contributed by atoms with van der Waals surface area (Å²) in [6.45, 7) is 5.55. The van der Waals surface area contributed by atoms with Crippen LogP contribution in [-0.2, 0) is 11.2 Å². The SMILES string of the molecule is CC(=O)C(Cc1cccc([N+](=O)[O-])c1)C(C)C. The minimum atomic E-state index is -0.415. The number of benzene rings is 1. The fraction of sp³-hybridized carbons (Fsp3) is 0.462. The van der Waals surface area contributed by atoms with Crippen molar-refractivity contribution in [2.75, 3.05) is 0 Å². The van der Waals surface area contributed by atoms with Gasteiger partial charge in [-0.1, -0.05) is 26.0 Å². The topological polar surface area (TPSA) is 60.2 Å². The van der Waals surface area contributed by atoms with Crippen molar-refractivity contribution in [1.29, 1.82) is 0 Å². The third kappa shape index (κ3) is 3.66. The van der Waals surface area contributed by atoms with Crippen LogP contribution in [0.3, 0.4) is 0 Å². The van der Waals surface area contributed by atoms with E-state index in [1.54, 1.807) is 19.1 Å². The van der Waals surface area contributed by atoms with Crippen molar-refractivity contribution in [2.24, 2.45) is 11.8 Å². The Morgan fingerprint density at radius 2 is 2.06 bits per heavy atom. The molecule has 4 heteroatoms. The summed E-state index contributed by atoms with van der Waals surface area (Å²) in [5, 5.41) is 10.6.